The summed E-state index contributed by atoms with van der Waals surface area (Å²) < 4.78 is 5.35. The first-order valence-corrected chi connectivity index (χ1v) is 5.51. The van der Waals surface area contributed by atoms with Crippen molar-refractivity contribution in [3.63, 3.8) is 0 Å². The number of hydrogen-bond acceptors (Lipinski definition) is 4. The molecule has 0 aliphatic heterocycles. The third-order valence-electron chi connectivity index (χ3n) is 2.24. The summed E-state index contributed by atoms with van der Waals surface area (Å²) in [7, 11) is 0. The van der Waals surface area contributed by atoms with Gasteiger partial charge in [-0.1, -0.05) is 0 Å². The van der Waals surface area contributed by atoms with Crippen LogP contribution in [0.2, 0.25) is 0 Å². The van der Waals surface area contributed by atoms with Crippen molar-refractivity contribution in [2.45, 2.75) is 39.3 Å². The van der Waals surface area contributed by atoms with E-state index in [1.54, 1.807) is 12.1 Å². The van der Waals surface area contributed by atoms with Crippen LogP contribution in [0.3, 0.4) is 0 Å². The number of aromatic nitrogens is 1. The quantitative estimate of drug-likeness (QED) is 0.803. The van der Waals surface area contributed by atoms with Crippen molar-refractivity contribution in [1.82, 2.24) is 4.98 Å². The summed E-state index contributed by atoms with van der Waals surface area (Å²) in [4.78, 5) is 15.1. The molecule has 0 aliphatic rings. The van der Waals surface area contributed by atoms with Crippen molar-refractivity contribution in [2.75, 3.05) is 0 Å². The van der Waals surface area contributed by atoms with Gasteiger partial charge >= 0.3 is 5.97 Å². The Morgan fingerprint density at radius 2 is 2.18 bits per heavy atom. The highest BCUT2D eigenvalue weighted by Crippen LogP contribution is 2.19. The summed E-state index contributed by atoms with van der Waals surface area (Å²) in [6.45, 7) is 5.22. The van der Waals surface area contributed by atoms with Crippen LogP contribution in [0.25, 0.3) is 0 Å². The minimum atomic E-state index is -1.00. The number of aliphatic carboxylic acids is 1. The van der Waals surface area contributed by atoms with E-state index in [4.69, 9.17) is 15.6 Å². The van der Waals surface area contributed by atoms with Crippen LogP contribution in [-0.4, -0.2) is 28.2 Å². The molecule has 1 heterocycles. The maximum Gasteiger partial charge on any atom is 0.344 e. The van der Waals surface area contributed by atoms with Gasteiger partial charge in [-0.05, 0) is 32.9 Å². The first-order chi connectivity index (χ1) is 7.90. The normalized spacial score (nSPS) is 14.1. The van der Waals surface area contributed by atoms with Crippen LogP contribution in [0.1, 0.15) is 25.2 Å². The van der Waals surface area contributed by atoms with Crippen LogP contribution >= 0.6 is 0 Å². The number of hydrogen-bond donors (Lipinski definition) is 2. The van der Waals surface area contributed by atoms with Gasteiger partial charge < -0.3 is 15.6 Å². The number of carbonyl (C=O) groups is 1. The van der Waals surface area contributed by atoms with Crippen LogP contribution in [0.15, 0.2) is 12.1 Å². The summed E-state index contributed by atoms with van der Waals surface area (Å²) in [6.07, 6.45) is -0.338. The highest BCUT2D eigenvalue weighted by Gasteiger charge is 2.16. The molecule has 0 bridgehead atoms. The maximum absolute atomic E-state index is 10.7. The molecular formula is C12H18N2O3. The summed E-state index contributed by atoms with van der Waals surface area (Å²) in [6, 6.07) is 3.47. The molecule has 2 atom stereocenters. The Hall–Kier alpha value is -1.62. The second kappa shape index (κ2) is 5.63. The number of nitrogens with two attached hydrogens (primary N) is 1. The topological polar surface area (TPSA) is 85.4 Å². The number of aryl methyl sites for hydroxylation is 1. The van der Waals surface area contributed by atoms with E-state index in [0.717, 1.165) is 5.69 Å². The maximum atomic E-state index is 10.7. The second-order valence-corrected chi connectivity index (χ2v) is 4.18. The van der Waals surface area contributed by atoms with Gasteiger partial charge in [-0.3, -0.25) is 4.98 Å². The fourth-order valence-electron chi connectivity index (χ4n) is 1.40. The Bertz CT molecular complexity index is 405. The van der Waals surface area contributed by atoms with E-state index in [1.807, 2.05) is 13.8 Å². The van der Waals surface area contributed by atoms with Crippen molar-refractivity contribution < 1.29 is 14.6 Å². The van der Waals surface area contributed by atoms with Crippen LogP contribution in [0, 0.1) is 6.92 Å². The lowest BCUT2D eigenvalue weighted by atomic mass is 10.1. The molecule has 0 aliphatic carbocycles. The van der Waals surface area contributed by atoms with Gasteiger partial charge in [0.25, 0.3) is 0 Å². The highest BCUT2D eigenvalue weighted by molar-refractivity contribution is 5.72. The zero-order chi connectivity index (χ0) is 13.0. The van der Waals surface area contributed by atoms with Crippen molar-refractivity contribution in [3.05, 3.63) is 23.5 Å². The minimum absolute atomic E-state index is 0.0493. The third-order valence-corrected chi connectivity index (χ3v) is 2.24. The standard InChI is InChI=1S/C12H18N2O3/c1-7(13)6-10-11(5-4-8(2)14-10)17-9(3)12(15)16/h4-5,7,9H,6,13H2,1-3H3,(H,15,16). The summed E-state index contributed by atoms with van der Waals surface area (Å²) in [5, 5.41) is 8.80. The Morgan fingerprint density at radius 3 is 2.71 bits per heavy atom. The van der Waals surface area contributed by atoms with Gasteiger partial charge in [-0.2, -0.15) is 0 Å². The zero-order valence-corrected chi connectivity index (χ0v) is 10.3. The molecule has 17 heavy (non-hydrogen) atoms. The van der Waals surface area contributed by atoms with E-state index in [9.17, 15) is 4.79 Å². The number of carboxylic acid groups (broad SMARTS) is 1. The number of ether oxygens (including phenoxy) is 1. The SMILES string of the molecule is Cc1ccc(OC(C)C(=O)O)c(CC(C)N)n1. The van der Waals surface area contributed by atoms with Crippen molar-refractivity contribution in [1.29, 1.82) is 0 Å². The minimum Gasteiger partial charge on any atom is -0.479 e. The molecule has 1 aromatic heterocycles. The van der Waals surface area contributed by atoms with Gasteiger partial charge in [0.15, 0.2) is 6.10 Å². The lowest BCUT2D eigenvalue weighted by molar-refractivity contribution is -0.144. The predicted octanol–water partition coefficient (Wildman–Crippen LogP) is 1.13. The molecule has 94 valence electrons. The van der Waals surface area contributed by atoms with Crippen molar-refractivity contribution in [3.8, 4) is 5.75 Å². The average Bonchev–Trinajstić information content (AvgIpc) is 2.20. The van der Waals surface area contributed by atoms with Crippen LogP contribution in [0.4, 0.5) is 0 Å². The Balaban J connectivity index is 2.93. The van der Waals surface area contributed by atoms with E-state index < -0.39 is 12.1 Å². The molecule has 5 heteroatoms. The molecule has 0 radical (unpaired) electrons. The summed E-state index contributed by atoms with van der Waals surface area (Å²) in [5.74, 6) is -0.514. The monoisotopic (exact) mass is 238 g/mol. The van der Waals surface area contributed by atoms with E-state index in [0.29, 0.717) is 17.9 Å². The van der Waals surface area contributed by atoms with Gasteiger partial charge in [0, 0.05) is 18.2 Å². The van der Waals surface area contributed by atoms with E-state index in [1.165, 1.54) is 6.92 Å². The van der Waals surface area contributed by atoms with Gasteiger partial charge in [0.2, 0.25) is 0 Å². The Morgan fingerprint density at radius 1 is 1.53 bits per heavy atom. The van der Waals surface area contributed by atoms with Gasteiger partial charge in [0.1, 0.15) is 5.75 Å². The number of rotatable bonds is 5. The van der Waals surface area contributed by atoms with Gasteiger partial charge in [0.05, 0.1) is 5.69 Å². The van der Waals surface area contributed by atoms with E-state index in [2.05, 4.69) is 4.98 Å². The van der Waals surface area contributed by atoms with E-state index in [-0.39, 0.29) is 6.04 Å². The molecule has 0 spiro atoms. The fourth-order valence-corrected chi connectivity index (χ4v) is 1.40. The lowest BCUT2D eigenvalue weighted by Crippen LogP contribution is -2.25. The van der Waals surface area contributed by atoms with Crippen LogP contribution in [0.5, 0.6) is 5.75 Å². The summed E-state index contributed by atoms with van der Waals surface area (Å²) in [5.41, 5.74) is 7.28. The smallest absolute Gasteiger partial charge is 0.344 e. The van der Waals surface area contributed by atoms with Gasteiger partial charge in [-0.25, -0.2) is 4.79 Å². The van der Waals surface area contributed by atoms with E-state index >= 15 is 0 Å². The van der Waals surface area contributed by atoms with Crippen LogP contribution < -0.4 is 10.5 Å². The number of carboxylic acids is 1. The van der Waals surface area contributed by atoms with Gasteiger partial charge in [-0.15, -0.1) is 0 Å². The first kappa shape index (κ1) is 13.4. The number of pyridine rings is 1. The van der Waals surface area contributed by atoms with Crippen LogP contribution in [-0.2, 0) is 11.2 Å². The first-order valence-electron chi connectivity index (χ1n) is 5.51. The second-order valence-electron chi connectivity index (χ2n) is 4.18. The molecule has 0 fully saturated rings. The highest BCUT2D eigenvalue weighted by atomic mass is 16.5. The largest absolute Gasteiger partial charge is 0.479 e. The van der Waals surface area contributed by atoms with Crippen molar-refractivity contribution in [2.24, 2.45) is 5.73 Å². The molecule has 5 nitrogen and oxygen atoms in total. The lowest BCUT2D eigenvalue weighted by Gasteiger charge is -2.15. The third kappa shape index (κ3) is 4.03. The molecule has 0 aromatic carbocycles. The molecule has 0 saturated heterocycles. The molecule has 1 rings (SSSR count). The van der Waals surface area contributed by atoms with Crippen molar-refractivity contribution >= 4 is 5.97 Å². The predicted molar refractivity (Wildman–Crippen MR) is 64.1 cm³/mol. The average molecular weight is 238 g/mol. The molecule has 1 aromatic rings. The number of nitrogens with zero attached hydrogens (tertiary/aromatic N) is 1. The fraction of sp³-hybridized carbons (Fsp3) is 0.500. The molecule has 3 N–H and O–H groups in total. The molecule has 2 unspecified atom stereocenters. The molecule has 0 saturated carbocycles. The summed E-state index contributed by atoms with van der Waals surface area (Å²) >= 11 is 0. The molecular weight excluding hydrogens is 220 g/mol. The zero-order valence-electron chi connectivity index (χ0n) is 10.3. The Labute approximate surface area is 101 Å². The molecule has 0 amide bonds. The Kier molecular flexibility index (Phi) is 4.45.